The zero-order valence-corrected chi connectivity index (χ0v) is 11.1. The van der Waals surface area contributed by atoms with Crippen LogP contribution in [-0.2, 0) is 12.8 Å². The van der Waals surface area contributed by atoms with Crippen LogP contribution in [0.25, 0.3) is 0 Å². The maximum atomic E-state index is 13.6. The van der Waals surface area contributed by atoms with Crippen molar-refractivity contribution in [1.29, 1.82) is 0 Å². The number of anilines is 2. The molecule has 1 N–H and O–H groups in total. The molecule has 3 rings (SSSR count). The van der Waals surface area contributed by atoms with Gasteiger partial charge in [0.05, 0.1) is 10.7 Å². The Morgan fingerprint density at radius 1 is 1.33 bits per heavy atom. The minimum atomic E-state index is -0.462. The Labute approximate surface area is 113 Å². The Bertz CT molecular complexity index is 561. The molecule has 3 nitrogen and oxygen atoms in total. The summed E-state index contributed by atoms with van der Waals surface area (Å²) in [4.78, 5) is 9.71. The fourth-order valence-corrected chi connectivity index (χ4v) is 3.21. The van der Waals surface area contributed by atoms with Crippen LogP contribution in [0.1, 0.15) is 23.4 Å². The molecule has 2 aromatic rings. The molecule has 0 saturated carbocycles. The third-order valence-corrected chi connectivity index (χ3v) is 4.16. The topological polar surface area (TPSA) is 37.8 Å². The third-order valence-electron chi connectivity index (χ3n) is 2.88. The number of nitrogens with one attached hydrogen (secondary N) is 1. The van der Waals surface area contributed by atoms with E-state index in [1.165, 1.54) is 30.0 Å². The molecular formula is C12H11ClFN3S. The molecule has 2 aromatic heterocycles. The van der Waals surface area contributed by atoms with Gasteiger partial charge in [0.15, 0.2) is 16.8 Å². The molecule has 0 aromatic carbocycles. The number of aryl methyl sites for hydroxylation is 2. The summed E-state index contributed by atoms with van der Waals surface area (Å²) in [6.45, 7) is 0. The van der Waals surface area contributed by atoms with Crippen molar-refractivity contribution < 1.29 is 4.39 Å². The van der Waals surface area contributed by atoms with E-state index in [0.29, 0.717) is 5.13 Å². The lowest BCUT2D eigenvalue weighted by atomic mass is 10.0. The number of aromatic nitrogens is 2. The number of halogens is 2. The lowest BCUT2D eigenvalue weighted by molar-refractivity contribution is 0.626. The third kappa shape index (κ3) is 2.33. The summed E-state index contributed by atoms with van der Waals surface area (Å²) >= 11 is 7.24. The summed E-state index contributed by atoms with van der Waals surface area (Å²) in [5.74, 6) is -0.291. The molecule has 0 unspecified atom stereocenters. The van der Waals surface area contributed by atoms with Crippen LogP contribution in [0.2, 0.25) is 5.02 Å². The van der Waals surface area contributed by atoms with Crippen molar-refractivity contribution in [3.63, 3.8) is 0 Å². The van der Waals surface area contributed by atoms with Crippen molar-refractivity contribution in [3.8, 4) is 0 Å². The molecule has 2 heterocycles. The van der Waals surface area contributed by atoms with Gasteiger partial charge < -0.3 is 5.32 Å². The normalized spacial score (nSPS) is 14.3. The first-order valence-electron chi connectivity index (χ1n) is 5.79. The Balaban J connectivity index is 1.85. The smallest absolute Gasteiger partial charge is 0.188 e. The van der Waals surface area contributed by atoms with Crippen LogP contribution in [0.15, 0.2) is 12.3 Å². The van der Waals surface area contributed by atoms with E-state index in [1.54, 1.807) is 11.3 Å². The molecule has 0 aliphatic heterocycles. The summed E-state index contributed by atoms with van der Waals surface area (Å²) in [6.07, 6.45) is 5.90. The number of nitrogens with zero attached hydrogens (tertiary/aromatic N) is 2. The Hall–Kier alpha value is -1.20. The molecule has 0 fully saturated rings. The van der Waals surface area contributed by atoms with Crippen molar-refractivity contribution in [1.82, 2.24) is 9.97 Å². The number of hydrogen-bond acceptors (Lipinski definition) is 4. The van der Waals surface area contributed by atoms with Gasteiger partial charge in [-0.05, 0) is 31.7 Å². The van der Waals surface area contributed by atoms with Crippen LogP contribution in [0.4, 0.5) is 15.3 Å². The van der Waals surface area contributed by atoms with Crippen LogP contribution in [-0.4, -0.2) is 9.97 Å². The van der Waals surface area contributed by atoms with E-state index in [4.69, 9.17) is 11.6 Å². The number of pyridine rings is 1. The highest BCUT2D eigenvalue weighted by atomic mass is 35.5. The van der Waals surface area contributed by atoms with E-state index >= 15 is 0 Å². The summed E-state index contributed by atoms with van der Waals surface area (Å²) in [6, 6.07) is 1.24. The maximum Gasteiger partial charge on any atom is 0.188 e. The molecular weight excluding hydrogens is 273 g/mol. The molecule has 0 amide bonds. The van der Waals surface area contributed by atoms with Gasteiger partial charge in [-0.2, -0.15) is 0 Å². The quantitative estimate of drug-likeness (QED) is 0.907. The molecule has 0 radical (unpaired) electrons. The first-order chi connectivity index (χ1) is 8.72. The van der Waals surface area contributed by atoms with Crippen molar-refractivity contribution in [2.75, 3.05) is 5.32 Å². The summed E-state index contributed by atoms with van der Waals surface area (Å²) < 4.78 is 13.6. The Morgan fingerprint density at radius 2 is 2.17 bits per heavy atom. The average Bonchev–Trinajstić information content (AvgIpc) is 2.75. The van der Waals surface area contributed by atoms with Gasteiger partial charge in [-0.3, -0.25) is 0 Å². The van der Waals surface area contributed by atoms with E-state index in [2.05, 4.69) is 15.3 Å². The molecule has 1 aliphatic rings. The summed E-state index contributed by atoms with van der Waals surface area (Å²) in [5, 5.41) is 3.91. The van der Waals surface area contributed by atoms with E-state index in [-0.39, 0.29) is 10.8 Å². The minimum Gasteiger partial charge on any atom is -0.314 e. The van der Waals surface area contributed by atoms with Crippen molar-refractivity contribution in [2.45, 2.75) is 25.7 Å². The minimum absolute atomic E-state index is 0.172. The van der Waals surface area contributed by atoms with E-state index in [9.17, 15) is 4.39 Å². The monoisotopic (exact) mass is 283 g/mol. The summed E-state index contributed by atoms with van der Waals surface area (Å²) in [7, 11) is 0. The van der Waals surface area contributed by atoms with Gasteiger partial charge in [-0.1, -0.05) is 11.6 Å². The first-order valence-corrected chi connectivity index (χ1v) is 6.98. The fourth-order valence-electron chi connectivity index (χ4n) is 2.01. The van der Waals surface area contributed by atoms with E-state index < -0.39 is 5.82 Å². The maximum absolute atomic E-state index is 13.6. The second kappa shape index (κ2) is 4.82. The zero-order valence-electron chi connectivity index (χ0n) is 9.54. The number of rotatable bonds is 2. The molecule has 1 aliphatic carbocycles. The number of fused-ring (bicyclic) bond motifs is 1. The van der Waals surface area contributed by atoms with Gasteiger partial charge in [0.2, 0.25) is 0 Å². The van der Waals surface area contributed by atoms with Gasteiger partial charge in [-0.15, -0.1) is 11.3 Å². The standard InChI is InChI=1S/C12H11ClFN3S/c13-7-5-8(14)11(15-6-7)17-12-16-9-3-1-2-4-10(9)18-12/h5-6H,1-4H2,(H,15,16,17). The Morgan fingerprint density at radius 3 is 2.94 bits per heavy atom. The van der Waals surface area contributed by atoms with E-state index in [1.807, 2.05) is 0 Å². The molecule has 0 spiro atoms. The van der Waals surface area contributed by atoms with Gasteiger partial charge in [0.1, 0.15) is 0 Å². The zero-order chi connectivity index (χ0) is 12.5. The molecule has 18 heavy (non-hydrogen) atoms. The van der Waals surface area contributed by atoms with Crippen LogP contribution >= 0.6 is 22.9 Å². The highest BCUT2D eigenvalue weighted by Crippen LogP contribution is 2.31. The predicted molar refractivity (Wildman–Crippen MR) is 71.2 cm³/mol. The van der Waals surface area contributed by atoms with Crippen molar-refractivity contribution in [2.24, 2.45) is 0 Å². The highest BCUT2D eigenvalue weighted by molar-refractivity contribution is 7.15. The lowest BCUT2D eigenvalue weighted by Crippen LogP contribution is -1.99. The second-order valence-electron chi connectivity index (χ2n) is 4.20. The van der Waals surface area contributed by atoms with Crippen LogP contribution in [0, 0.1) is 5.82 Å². The molecule has 0 bridgehead atoms. The largest absolute Gasteiger partial charge is 0.314 e. The first kappa shape index (κ1) is 11.9. The number of thiazole rings is 1. The van der Waals surface area contributed by atoms with Crippen LogP contribution in [0.5, 0.6) is 0 Å². The molecule has 6 heteroatoms. The predicted octanol–water partition coefficient (Wildman–Crippen LogP) is 3.95. The average molecular weight is 284 g/mol. The molecule has 0 atom stereocenters. The fraction of sp³-hybridized carbons (Fsp3) is 0.333. The summed E-state index contributed by atoms with van der Waals surface area (Å²) in [5.41, 5.74) is 1.14. The van der Waals surface area contributed by atoms with Gasteiger partial charge in [0, 0.05) is 11.1 Å². The molecule has 0 saturated heterocycles. The highest BCUT2D eigenvalue weighted by Gasteiger charge is 2.16. The number of hydrogen-bond donors (Lipinski definition) is 1. The lowest BCUT2D eigenvalue weighted by Gasteiger charge is -2.06. The Kier molecular flexibility index (Phi) is 3.18. The second-order valence-corrected chi connectivity index (χ2v) is 5.73. The molecule has 94 valence electrons. The van der Waals surface area contributed by atoms with Crippen molar-refractivity contribution >= 4 is 33.9 Å². The van der Waals surface area contributed by atoms with Gasteiger partial charge >= 0.3 is 0 Å². The van der Waals surface area contributed by atoms with Crippen molar-refractivity contribution in [3.05, 3.63) is 33.7 Å². The van der Waals surface area contributed by atoms with Gasteiger partial charge in [-0.25, -0.2) is 14.4 Å². The van der Waals surface area contributed by atoms with Crippen LogP contribution in [0.3, 0.4) is 0 Å². The van der Waals surface area contributed by atoms with Gasteiger partial charge in [0.25, 0.3) is 0 Å². The van der Waals surface area contributed by atoms with E-state index in [0.717, 1.165) is 18.5 Å². The SMILES string of the molecule is Fc1cc(Cl)cnc1Nc1nc2c(s1)CCCC2. The van der Waals surface area contributed by atoms with Crippen LogP contribution < -0.4 is 5.32 Å².